The first-order chi connectivity index (χ1) is 13.1. The minimum atomic E-state index is -0.494. The lowest BCUT2D eigenvalue weighted by atomic mass is 10.1. The van der Waals surface area contributed by atoms with Gasteiger partial charge in [0.1, 0.15) is 5.75 Å². The van der Waals surface area contributed by atoms with E-state index in [1.54, 1.807) is 19.2 Å². The highest BCUT2D eigenvalue weighted by molar-refractivity contribution is 7.14. The van der Waals surface area contributed by atoms with E-state index in [1.165, 1.54) is 11.3 Å². The molecule has 136 valence electrons. The van der Waals surface area contributed by atoms with Crippen LogP contribution in [0.1, 0.15) is 5.56 Å². The summed E-state index contributed by atoms with van der Waals surface area (Å²) >= 11 is 1.34. The van der Waals surface area contributed by atoms with Gasteiger partial charge in [0, 0.05) is 10.9 Å². The van der Waals surface area contributed by atoms with Crippen LogP contribution in [0.4, 0.5) is 5.13 Å². The van der Waals surface area contributed by atoms with Crippen LogP contribution in [-0.2, 0) is 11.2 Å². The van der Waals surface area contributed by atoms with E-state index in [0.717, 1.165) is 16.9 Å². The van der Waals surface area contributed by atoms with Crippen molar-refractivity contribution in [1.29, 1.82) is 0 Å². The second-order valence-corrected chi connectivity index (χ2v) is 6.69. The van der Waals surface area contributed by atoms with Crippen LogP contribution in [0.25, 0.3) is 22.4 Å². The maximum atomic E-state index is 12.2. The highest BCUT2D eigenvalue weighted by atomic mass is 32.1. The number of aromatic nitrogens is 2. The van der Waals surface area contributed by atoms with Gasteiger partial charge in [0.25, 0.3) is 0 Å². The summed E-state index contributed by atoms with van der Waals surface area (Å²) in [5, 5.41) is 5.18. The standard InChI is InChI=1S/C19H15N3O4S/c1-25-13-5-2-11(3-6-13)8-17(23)22-18-20-15(10-27-18)12-4-7-16-14(9-12)21-19(24)26-16/h2-7,9-10H,8H2,1H3,(H,21,24)(H,20,22,23). The van der Waals surface area contributed by atoms with Gasteiger partial charge in [-0.2, -0.15) is 0 Å². The number of rotatable bonds is 5. The number of fused-ring (bicyclic) bond motifs is 1. The third-order valence-electron chi connectivity index (χ3n) is 3.99. The molecule has 2 aromatic heterocycles. The van der Waals surface area contributed by atoms with E-state index in [0.29, 0.717) is 21.9 Å². The quantitative estimate of drug-likeness (QED) is 0.552. The minimum absolute atomic E-state index is 0.143. The molecule has 8 heteroatoms. The first kappa shape index (κ1) is 17.0. The molecule has 0 bridgehead atoms. The molecule has 0 aliphatic carbocycles. The fourth-order valence-electron chi connectivity index (χ4n) is 2.67. The lowest BCUT2D eigenvalue weighted by Gasteiger charge is -2.04. The van der Waals surface area contributed by atoms with Crippen molar-refractivity contribution < 1.29 is 13.9 Å². The number of carbonyl (C=O) groups excluding carboxylic acids is 1. The number of anilines is 1. The second-order valence-electron chi connectivity index (χ2n) is 5.84. The molecule has 7 nitrogen and oxygen atoms in total. The Kier molecular flexibility index (Phi) is 4.47. The lowest BCUT2D eigenvalue weighted by Crippen LogP contribution is -2.14. The van der Waals surface area contributed by atoms with Gasteiger partial charge in [-0.25, -0.2) is 9.78 Å². The van der Waals surface area contributed by atoms with Crippen molar-refractivity contribution in [2.45, 2.75) is 6.42 Å². The molecule has 0 aliphatic heterocycles. The number of amides is 1. The maximum absolute atomic E-state index is 12.2. The molecule has 0 spiro atoms. The van der Waals surface area contributed by atoms with E-state index in [4.69, 9.17) is 9.15 Å². The summed E-state index contributed by atoms with van der Waals surface area (Å²) in [5.41, 5.74) is 3.53. The Balaban J connectivity index is 1.46. The predicted molar refractivity (Wildman–Crippen MR) is 103 cm³/mol. The molecule has 0 fully saturated rings. The molecular weight excluding hydrogens is 366 g/mol. The summed E-state index contributed by atoms with van der Waals surface area (Å²) < 4.78 is 10.1. The Bertz CT molecular complexity index is 1160. The van der Waals surface area contributed by atoms with Gasteiger partial charge in [-0.1, -0.05) is 12.1 Å². The molecule has 2 aromatic carbocycles. The molecular formula is C19H15N3O4S. The summed E-state index contributed by atoms with van der Waals surface area (Å²) in [4.78, 5) is 30.6. The van der Waals surface area contributed by atoms with Crippen molar-refractivity contribution in [3.63, 3.8) is 0 Å². The highest BCUT2D eigenvalue weighted by Crippen LogP contribution is 2.27. The van der Waals surface area contributed by atoms with Crippen LogP contribution in [-0.4, -0.2) is 23.0 Å². The van der Waals surface area contributed by atoms with Gasteiger partial charge in [0.2, 0.25) is 5.91 Å². The number of nitrogens with one attached hydrogen (secondary N) is 2. The lowest BCUT2D eigenvalue weighted by molar-refractivity contribution is -0.115. The van der Waals surface area contributed by atoms with Crippen LogP contribution < -0.4 is 15.8 Å². The van der Waals surface area contributed by atoms with Crippen LogP contribution in [0.5, 0.6) is 5.75 Å². The zero-order valence-corrected chi connectivity index (χ0v) is 15.1. The van der Waals surface area contributed by atoms with Crippen LogP contribution in [0.2, 0.25) is 0 Å². The van der Waals surface area contributed by atoms with Crippen molar-refractivity contribution in [2.75, 3.05) is 12.4 Å². The average molecular weight is 381 g/mol. The number of methoxy groups -OCH3 is 1. The highest BCUT2D eigenvalue weighted by Gasteiger charge is 2.10. The Morgan fingerprint density at radius 3 is 2.85 bits per heavy atom. The molecule has 27 heavy (non-hydrogen) atoms. The SMILES string of the molecule is COc1ccc(CC(=O)Nc2nc(-c3ccc4oc(=O)[nH]c4c3)cs2)cc1. The second kappa shape index (κ2) is 7.08. The molecule has 0 saturated carbocycles. The number of nitrogens with zero attached hydrogens (tertiary/aromatic N) is 1. The topological polar surface area (TPSA) is 97.2 Å². The Morgan fingerprint density at radius 2 is 2.07 bits per heavy atom. The average Bonchev–Trinajstić information content (AvgIpc) is 3.27. The van der Waals surface area contributed by atoms with Gasteiger partial charge in [-0.3, -0.25) is 9.78 Å². The number of benzene rings is 2. The van der Waals surface area contributed by atoms with E-state index in [9.17, 15) is 9.59 Å². The van der Waals surface area contributed by atoms with Gasteiger partial charge >= 0.3 is 5.76 Å². The Hall–Kier alpha value is -3.39. The summed E-state index contributed by atoms with van der Waals surface area (Å²) in [7, 11) is 1.60. The van der Waals surface area contributed by atoms with Gasteiger partial charge in [0.15, 0.2) is 10.7 Å². The third kappa shape index (κ3) is 3.75. The van der Waals surface area contributed by atoms with Crippen molar-refractivity contribution in [3.05, 3.63) is 64.0 Å². The fraction of sp³-hybridized carbons (Fsp3) is 0.105. The molecule has 0 radical (unpaired) electrons. The monoisotopic (exact) mass is 381 g/mol. The van der Waals surface area contributed by atoms with E-state index in [2.05, 4.69) is 15.3 Å². The van der Waals surface area contributed by atoms with Gasteiger partial charge in [-0.15, -0.1) is 11.3 Å². The van der Waals surface area contributed by atoms with Crippen molar-refractivity contribution >= 4 is 33.5 Å². The molecule has 4 rings (SSSR count). The van der Waals surface area contributed by atoms with Crippen molar-refractivity contribution in [3.8, 4) is 17.0 Å². The largest absolute Gasteiger partial charge is 0.497 e. The molecule has 4 aromatic rings. The molecule has 0 saturated heterocycles. The number of thiazole rings is 1. The number of oxazole rings is 1. The Morgan fingerprint density at radius 1 is 1.26 bits per heavy atom. The van der Waals surface area contributed by atoms with Gasteiger partial charge in [-0.05, 0) is 35.9 Å². The third-order valence-corrected chi connectivity index (χ3v) is 4.75. The minimum Gasteiger partial charge on any atom is -0.497 e. The van der Waals surface area contributed by atoms with E-state index in [1.807, 2.05) is 35.7 Å². The van der Waals surface area contributed by atoms with Crippen LogP contribution in [0, 0.1) is 0 Å². The van der Waals surface area contributed by atoms with Gasteiger partial charge < -0.3 is 14.5 Å². The molecule has 0 aliphatic rings. The first-order valence-electron chi connectivity index (χ1n) is 8.12. The molecule has 2 N–H and O–H groups in total. The van der Waals surface area contributed by atoms with E-state index in [-0.39, 0.29) is 12.3 Å². The van der Waals surface area contributed by atoms with E-state index < -0.39 is 5.76 Å². The van der Waals surface area contributed by atoms with Crippen LogP contribution in [0.15, 0.2) is 57.1 Å². The molecule has 0 atom stereocenters. The van der Waals surface area contributed by atoms with Crippen LogP contribution in [0.3, 0.4) is 0 Å². The molecule has 0 unspecified atom stereocenters. The summed E-state index contributed by atoms with van der Waals surface area (Å²) in [6.07, 6.45) is 0.251. The normalized spacial score (nSPS) is 10.9. The summed E-state index contributed by atoms with van der Waals surface area (Å²) in [6.45, 7) is 0. The number of ether oxygens (including phenoxy) is 1. The van der Waals surface area contributed by atoms with E-state index >= 15 is 0 Å². The predicted octanol–water partition coefficient (Wildman–Crippen LogP) is 3.43. The summed E-state index contributed by atoms with van der Waals surface area (Å²) in [6, 6.07) is 12.7. The van der Waals surface area contributed by atoms with Crippen molar-refractivity contribution in [2.24, 2.45) is 0 Å². The zero-order valence-electron chi connectivity index (χ0n) is 14.3. The fourth-order valence-corrected chi connectivity index (χ4v) is 3.40. The number of hydrogen-bond donors (Lipinski definition) is 2. The number of H-pyrrole nitrogens is 1. The zero-order chi connectivity index (χ0) is 18.8. The number of carbonyl (C=O) groups is 1. The Labute approximate surface area is 157 Å². The van der Waals surface area contributed by atoms with Crippen LogP contribution >= 0.6 is 11.3 Å². The number of aromatic amines is 1. The summed E-state index contributed by atoms with van der Waals surface area (Å²) in [5.74, 6) is 0.113. The number of hydrogen-bond acceptors (Lipinski definition) is 6. The maximum Gasteiger partial charge on any atom is 0.417 e. The van der Waals surface area contributed by atoms with Gasteiger partial charge in [0.05, 0.1) is 24.7 Å². The van der Waals surface area contributed by atoms with Crippen molar-refractivity contribution in [1.82, 2.24) is 9.97 Å². The molecule has 1 amide bonds. The molecule has 2 heterocycles. The smallest absolute Gasteiger partial charge is 0.417 e. The first-order valence-corrected chi connectivity index (χ1v) is 9.00.